The molecule has 2 aromatic rings. The number of thiophene rings is 1. The van der Waals surface area contributed by atoms with Crippen molar-refractivity contribution in [3.63, 3.8) is 0 Å². The molecule has 21 heavy (non-hydrogen) atoms. The summed E-state index contributed by atoms with van der Waals surface area (Å²) in [7, 11) is 0. The van der Waals surface area contributed by atoms with Crippen molar-refractivity contribution in [2.24, 2.45) is 0 Å². The summed E-state index contributed by atoms with van der Waals surface area (Å²) in [6, 6.07) is 10.3. The summed E-state index contributed by atoms with van der Waals surface area (Å²) < 4.78 is 0. The quantitative estimate of drug-likeness (QED) is 0.814. The zero-order valence-corrected chi connectivity index (χ0v) is 13.1. The number of carbonyl (C=O) groups is 1. The molecule has 0 radical (unpaired) electrons. The third-order valence-corrected chi connectivity index (χ3v) is 4.28. The Morgan fingerprint density at radius 3 is 2.76 bits per heavy atom. The second-order valence-electron chi connectivity index (χ2n) is 4.77. The van der Waals surface area contributed by atoms with Gasteiger partial charge in [-0.25, -0.2) is 4.79 Å². The van der Waals surface area contributed by atoms with E-state index in [0.717, 1.165) is 18.7 Å². The molecule has 0 fully saturated rings. The summed E-state index contributed by atoms with van der Waals surface area (Å²) >= 11 is 1.66. The van der Waals surface area contributed by atoms with Gasteiger partial charge in [0.1, 0.15) is 0 Å². The minimum absolute atomic E-state index is 0.790. The summed E-state index contributed by atoms with van der Waals surface area (Å²) in [5, 5.41) is 10.8. The van der Waals surface area contributed by atoms with E-state index in [1.807, 2.05) is 23.6 Å². The standard InChI is InChI=1S/C17H19NO2S/c1-3-18(15-7-5-4-6-13(15)2)12-16-14(10-11-21-16)8-9-17(19)20/h4-11H,3,12H2,1-2H3,(H,19,20). The maximum Gasteiger partial charge on any atom is 0.328 e. The maximum atomic E-state index is 10.7. The van der Waals surface area contributed by atoms with Gasteiger partial charge in [-0.1, -0.05) is 18.2 Å². The van der Waals surface area contributed by atoms with Crippen LogP contribution in [0.4, 0.5) is 5.69 Å². The van der Waals surface area contributed by atoms with E-state index in [0.29, 0.717) is 0 Å². The molecule has 0 aliphatic rings. The van der Waals surface area contributed by atoms with Gasteiger partial charge in [0, 0.05) is 23.2 Å². The van der Waals surface area contributed by atoms with E-state index in [1.54, 1.807) is 17.4 Å². The Morgan fingerprint density at radius 2 is 2.10 bits per heavy atom. The van der Waals surface area contributed by atoms with E-state index in [-0.39, 0.29) is 0 Å². The van der Waals surface area contributed by atoms with Gasteiger partial charge in [-0.05, 0) is 48.6 Å². The second-order valence-corrected chi connectivity index (χ2v) is 5.77. The molecular weight excluding hydrogens is 282 g/mol. The van der Waals surface area contributed by atoms with Crippen molar-refractivity contribution in [2.75, 3.05) is 11.4 Å². The van der Waals surface area contributed by atoms with Crippen LogP contribution in [0.1, 0.15) is 22.9 Å². The van der Waals surface area contributed by atoms with Crippen LogP contribution in [-0.4, -0.2) is 17.6 Å². The number of aryl methyl sites for hydroxylation is 1. The minimum Gasteiger partial charge on any atom is -0.478 e. The largest absolute Gasteiger partial charge is 0.478 e. The fourth-order valence-electron chi connectivity index (χ4n) is 2.25. The first-order chi connectivity index (χ1) is 10.1. The average Bonchev–Trinajstić information content (AvgIpc) is 2.90. The van der Waals surface area contributed by atoms with E-state index in [9.17, 15) is 4.79 Å². The second kappa shape index (κ2) is 7.09. The lowest BCUT2D eigenvalue weighted by molar-refractivity contribution is -0.131. The molecule has 0 saturated heterocycles. The number of benzene rings is 1. The fraction of sp³-hybridized carbons (Fsp3) is 0.235. The van der Waals surface area contributed by atoms with Gasteiger partial charge < -0.3 is 10.0 Å². The molecule has 0 amide bonds. The maximum absolute atomic E-state index is 10.7. The lowest BCUT2D eigenvalue weighted by Gasteiger charge is -2.24. The Bertz CT molecular complexity index is 646. The molecule has 1 heterocycles. The van der Waals surface area contributed by atoms with Crippen LogP contribution in [0.15, 0.2) is 41.8 Å². The third-order valence-electron chi connectivity index (χ3n) is 3.36. The molecule has 0 unspecified atom stereocenters. The van der Waals surface area contributed by atoms with Crippen LogP contribution in [0.3, 0.4) is 0 Å². The molecule has 0 atom stereocenters. The summed E-state index contributed by atoms with van der Waals surface area (Å²) in [6.45, 7) is 5.94. The number of anilines is 1. The number of para-hydroxylation sites is 1. The highest BCUT2D eigenvalue weighted by Gasteiger charge is 2.10. The van der Waals surface area contributed by atoms with Crippen LogP contribution in [0, 0.1) is 6.92 Å². The van der Waals surface area contributed by atoms with Crippen molar-refractivity contribution in [1.29, 1.82) is 0 Å². The van der Waals surface area contributed by atoms with Crippen molar-refractivity contribution in [2.45, 2.75) is 20.4 Å². The van der Waals surface area contributed by atoms with Crippen LogP contribution < -0.4 is 4.90 Å². The first-order valence-corrected chi connectivity index (χ1v) is 7.77. The number of aliphatic carboxylic acids is 1. The Hall–Kier alpha value is -2.07. The van der Waals surface area contributed by atoms with E-state index >= 15 is 0 Å². The van der Waals surface area contributed by atoms with Crippen LogP contribution in [0.25, 0.3) is 6.08 Å². The first kappa shape index (κ1) is 15.3. The summed E-state index contributed by atoms with van der Waals surface area (Å²) in [6.07, 6.45) is 2.86. The molecule has 0 aliphatic heterocycles. The fourth-order valence-corrected chi connectivity index (χ4v) is 3.13. The van der Waals surface area contributed by atoms with Crippen molar-refractivity contribution >= 4 is 29.1 Å². The Morgan fingerprint density at radius 1 is 1.33 bits per heavy atom. The molecule has 0 saturated carbocycles. The number of carboxylic acids is 1. The molecule has 1 aromatic heterocycles. The topological polar surface area (TPSA) is 40.5 Å². The van der Waals surface area contributed by atoms with E-state index in [1.165, 1.54) is 22.2 Å². The molecule has 2 rings (SSSR count). The molecule has 0 spiro atoms. The summed E-state index contributed by atoms with van der Waals surface area (Å²) in [4.78, 5) is 14.1. The molecule has 0 bridgehead atoms. The summed E-state index contributed by atoms with van der Waals surface area (Å²) in [5.41, 5.74) is 3.45. The van der Waals surface area contributed by atoms with Crippen LogP contribution >= 0.6 is 11.3 Å². The highest BCUT2D eigenvalue weighted by molar-refractivity contribution is 7.10. The van der Waals surface area contributed by atoms with Gasteiger partial charge in [0.15, 0.2) is 0 Å². The average molecular weight is 301 g/mol. The molecular formula is C17H19NO2S. The van der Waals surface area contributed by atoms with Crippen LogP contribution in [-0.2, 0) is 11.3 Å². The Labute approximate surface area is 129 Å². The molecule has 1 aromatic carbocycles. The first-order valence-electron chi connectivity index (χ1n) is 6.89. The third kappa shape index (κ3) is 3.95. The predicted molar refractivity (Wildman–Crippen MR) is 88.9 cm³/mol. The number of hydrogen-bond acceptors (Lipinski definition) is 3. The molecule has 3 nitrogen and oxygen atoms in total. The zero-order chi connectivity index (χ0) is 15.2. The predicted octanol–water partition coefficient (Wildman–Crippen LogP) is 4.18. The van der Waals surface area contributed by atoms with Gasteiger partial charge in [0.05, 0.1) is 6.54 Å². The monoisotopic (exact) mass is 301 g/mol. The normalized spacial score (nSPS) is 11.0. The Balaban J connectivity index is 2.22. The lowest BCUT2D eigenvalue weighted by atomic mass is 10.1. The number of rotatable bonds is 6. The van der Waals surface area contributed by atoms with Crippen LogP contribution in [0.2, 0.25) is 0 Å². The number of carboxylic acid groups (broad SMARTS) is 1. The molecule has 0 aliphatic carbocycles. The van der Waals surface area contributed by atoms with Crippen molar-refractivity contribution in [3.8, 4) is 0 Å². The highest BCUT2D eigenvalue weighted by atomic mass is 32.1. The highest BCUT2D eigenvalue weighted by Crippen LogP contribution is 2.25. The SMILES string of the molecule is CCN(Cc1sccc1C=CC(=O)O)c1ccccc1C. The lowest BCUT2D eigenvalue weighted by Crippen LogP contribution is -2.22. The van der Waals surface area contributed by atoms with Crippen molar-refractivity contribution in [3.05, 3.63) is 57.8 Å². The van der Waals surface area contributed by atoms with E-state index in [2.05, 4.69) is 30.9 Å². The van der Waals surface area contributed by atoms with E-state index < -0.39 is 5.97 Å². The van der Waals surface area contributed by atoms with Gasteiger partial charge in [-0.15, -0.1) is 11.3 Å². The van der Waals surface area contributed by atoms with Crippen molar-refractivity contribution < 1.29 is 9.90 Å². The zero-order valence-electron chi connectivity index (χ0n) is 12.2. The molecule has 4 heteroatoms. The van der Waals surface area contributed by atoms with Gasteiger partial charge in [0.25, 0.3) is 0 Å². The number of hydrogen-bond donors (Lipinski definition) is 1. The van der Waals surface area contributed by atoms with E-state index in [4.69, 9.17) is 5.11 Å². The molecule has 110 valence electrons. The van der Waals surface area contributed by atoms with Crippen LogP contribution in [0.5, 0.6) is 0 Å². The van der Waals surface area contributed by atoms with Crippen molar-refractivity contribution in [1.82, 2.24) is 0 Å². The minimum atomic E-state index is -0.918. The van der Waals surface area contributed by atoms with Gasteiger partial charge >= 0.3 is 5.97 Å². The van der Waals surface area contributed by atoms with Gasteiger partial charge in [-0.3, -0.25) is 0 Å². The smallest absolute Gasteiger partial charge is 0.328 e. The molecule has 1 N–H and O–H groups in total. The Kier molecular flexibility index (Phi) is 5.17. The van der Waals surface area contributed by atoms with Gasteiger partial charge in [0.2, 0.25) is 0 Å². The summed E-state index contributed by atoms with van der Waals surface area (Å²) in [5.74, 6) is -0.918. The number of nitrogens with zero attached hydrogens (tertiary/aromatic N) is 1. The van der Waals surface area contributed by atoms with Gasteiger partial charge in [-0.2, -0.15) is 0 Å².